The maximum absolute atomic E-state index is 2.57. The van der Waals surface area contributed by atoms with E-state index in [0.717, 1.165) is 0 Å². The number of hydrogen-bond acceptors (Lipinski definition) is 0. The summed E-state index contributed by atoms with van der Waals surface area (Å²) in [5.41, 5.74) is 9.52. The molecule has 0 amide bonds. The minimum absolute atomic E-state index is 0.0750. The Balaban J connectivity index is 1.59. The quantitative estimate of drug-likeness (QED) is 0.226. The molecule has 0 fully saturated rings. The maximum atomic E-state index is 2.57. The van der Waals surface area contributed by atoms with Crippen LogP contribution in [0, 0.1) is 17.3 Å². The summed E-state index contributed by atoms with van der Waals surface area (Å²) in [4.78, 5) is 0. The largest absolute Gasteiger partial charge is 0.0758 e. The van der Waals surface area contributed by atoms with Crippen LogP contribution in [0.2, 0.25) is 0 Å². The van der Waals surface area contributed by atoms with Gasteiger partial charge >= 0.3 is 0 Å². The Bertz CT molecular complexity index is 1930. The Labute approximate surface area is 237 Å². The predicted octanol–water partition coefficient (Wildman–Crippen LogP) is 8.69. The van der Waals surface area contributed by atoms with Crippen LogP contribution in [0.3, 0.4) is 0 Å². The van der Waals surface area contributed by atoms with Crippen LogP contribution in [0.4, 0.5) is 0 Å². The monoisotopic (exact) mass is 514 g/mol. The molecule has 7 rings (SSSR count). The van der Waals surface area contributed by atoms with Gasteiger partial charge in [-0.2, -0.15) is 0 Å². The van der Waals surface area contributed by atoms with E-state index in [1.54, 1.807) is 0 Å². The van der Waals surface area contributed by atoms with Crippen LogP contribution in [0.25, 0.3) is 33.0 Å². The minimum atomic E-state index is 0.0750. The molecule has 2 unspecified atom stereocenters. The van der Waals surface area contributed by atoms with Gasteiger partial charge in [0.2, 0.25) is 0 Å². The lowest BCUT2D eigenvalue weighted by Crippen LogP contribution is -2.40. The third-order valence-corrected chi connectivity index (χ3v) is 8.63. The highest BCUT2D eigenvalue weighted by Gasteiger charge is 2.35. The van der Waals surface area contributed by atoms with E-state index in [4.69, 9.17) is 0 Å². The van der Waals surface area contributed by atoms with Crippen LogP contribution in [0.5, 0.6) is 0 Å². The molecule has 194 valence electrons. The summed E-state index contributed by atoms with van der Waals surface area (Å²) < 4.78 is 0. The van der Waals surface area contributed by atoms with Gasteiger partial charge in [-0.05, 0) is 71.7 Å². The molecule has 0 nitrogen and oxygen atoms in total. The van der Waals surface area contributed by atoms with Crippen LogP contribution in [-0.2, 0) is 0 Å². The van der Waals surface area contributed by atoms with Gasteiger partial charge in [-0.25, -0.2) is 0 Å². The van der Waals surface area contributed by atoms with Crippen molar-refractivity contribution in [3.8, 4) is 11.1 Å². The summed E-state index contributed by atoms with van der Waals surface area (Å²) in [6.45, 7) is 6.98. The number of hydrogen-bond donors (Lipinski definition) is 0. The lowest BCUT2D eigenvalue weighted by Gasteiger charge is -2.37. The molecule has 0 saturated heterocycles. The van der Waals surface area contributed by atoms with Gasteiger partial charge in [-0.3, -0.25) is 0 Å². The lowest BCUT2D eigenvalue weighted by molar-refractivity contribution is 0.502. The smallest absolute Gasteiger partial charge is 0.0140 e. The molecule has 0 saturated carbocycles. The first-order valence-corrected chi connectivity index (χ1v) is 14.4. The Kier molecular flexibility index (Phi) is 5.93. The molecule has 0 heteroatoms. The molecule has 0 aromatic heterocycles. The van der Waals surface area contributed by atoms with Crippen molar-refractivity contribution in [2.24, 2.45) is 17.3 Å². The Morgan fingerprint density at radius 1 is 0.500 bits per heavy atom. The van der Waals surface area contributed by atoms with Crippen LogP contribution in [0.15, 0.2) is 145 Å². The molecule has 40 heavy (non-hydrogen) atoms. The zero-order valence-corrected chi connectivity index (χ0v) is 23.4. The van der Waals surface area contributed by atoms with Crippen molar-refractivity contribution in [1.29, 1.82) is 0 Å². The molecule has 2 aliphatic carbocycles. The summed E-state index contributed by atoms with van der Waals surface area (Å²) in [7, 11) is 0. The van der Waals surface area contributed by atoms with Crippen molar-refractivity contribution >= 4 is 21.9 Å². The lowest BCUT2D eigenvalue weighted by atomic mass is 9.66. The average molecular weight is 515 g/mol. The van der Waals surface area contributed by atoms with Gasteiger partial charge < -0.3 is 0 Å². The maximum Gasteiger partial charge on any atom is 0.0140 e. The topological polar surface area (TPSA) is 0 Å². The summed E-state index contributed by atoms with van der Waals surface area (Å²) in [6, 6.07) is 44.6. The highest BCUT2D eigenvalue weighted by Crippen LogP contribution is 2.45. The fourth-order valence-corrected chi connectivity index (χ4v) is 6.65. The Hall–Kier alpha value is -4.42. The second-order valence-electron chi connectivity index (χ2n) is 12.1. The number of rotatable bonds is 3. The first-order valence-electron chi connectivity index (χ1n) is 14.4. The number of allylic oxidation sites excluding steroid dienone is 4. The van der Waals surface area contributed by atoms with Crippen LogP contribution < -0.4 is 10.4 Å². The van der Waals surface area contributed by atoms with Crippen molar-refractivity contribution in [2.75, 3.05) is 0 Å². The van der Waals surface area contributed by atoms with Crippen LogP contribution in [-0.4, -0.2) is 0 Å². The second kappa shape index (κ2) is 9.65. The Morgan fingerprint density at radius 3 is 1.88 bits per heavy atom. The molecule has 0 aliphatic heterocycles. The summed E-state index contributed by atoms with van der Waals surface area (Å²) in [5.74, 6) is 0.487. The molecule has 2 aliphatic rings. The number of benzene rings is 5. The Morgan fingerprint density at radius 2 is 1.12 bits per heavy atom. The van der Waals surface area contributed by atoms with E-state index in [2.05, 4.69) is 160 Å². The van der Waals surface area contributed by atoms with E-state index < -0.39 is 0 Å². The van der Waals surface area contributed by atoms with Gasteiger partial charge in [-0.1, -0.05) is 154 Å². The third kappa shape index (κ3) is 4.16. The van der Waals surface area contributed by atoms with E-state index in [1.807, 2.05) is 0 Å². The van der Waals surface area contributed by atoms with Crippen LogP contribution >= 0.6 is 0 Å². The molecule has 0 radical (unpaired) electrons. The van der Waals surface area contributed by atoms with Gasteiger partial charge in [0, 0.05) is 11.8 Å². The second-order valence-corrected chi connectivity index (χ2v) is 12.1. The van der Waals surface area contributed by atoms with E-state index in [0.29, 0.717) is 0 Å². The summed E-state index contributed by atoms with van der Waals surface area (Å²) >= 11 is 0. The van der Waals surface area contributed by atoms with Gasteiger partial charge in [-0.15, -0.1) is 0 Å². The molecule has 0 spiro atoms. The minimum Gasteiger partial charge on any atom is -0.0758 e. The van der Waals surface area contributed by atoms with Gasteiger partial charge in [0.15, 0.2) is 0 Å². The van der Waals surface area contributed by atoms with Crippen molar-refractivity contribution in [3.63, 3.8) is 0 Å². The number of fused-ring (bicyclic) bond motifs is 3. The van der Waals surface area contributed by atoms with Crippen molar-refractivity contribution in [2.45, 2.75) is 20.8 Å². The van der Waals surface area contributed by atoms with Gasteiger partial charge in [0.25, 0.3) is 0 Å². The predicted molar refractivity (Wildman–Crippen MR) is 170 cm³/mol. The van der Waals surface area contributed by atoms with E-state index in [1.165, 1.54) is 60.2 Å². The normalized spacial score (nSPS) is 18.3. The first kappa shape index (κ1) is 24.6. The SMILES string of the molecule is CC(C)(C)C1=CC2C(c3ccccc3-c3ccccc3)=c3ccccc3=C(c3ccc4ccccc4c3)C2C=C1. The molecule has 0 bridgehead atoms. The molecular weight excluding hydrogens is 480 g/mol. The van der Waals surface area contributed by atoms with Gasteiger partial charge in [0.1, 0.15) is 0 Å². The zero-order valence-electron chi connectivity index (χ0n) is 23.4. The van der Waals surface area contributed by atoms with Crippen molar-refractivity contribution in [1.82, 2.24) is 0 Å². The van der Waals surface area contributed by atoms with Gasteiger partial charge in [0.05, 0.1) is 0 Å². The van der Waals surface area contributed by atoms with E-state index in [-0.39, 0.29) is 17.3 Å². The van der Waals surface area contributed by atoms with Crippen molar-refractivity contribution in [3.05, 3.63) is 167 Å². The summed E-state index contributed by atoms with van der Waals surface area (Å²) in [6.07, 6.45) is 7.44. The fourth-order valence-electron chi connectivity index (χ4n) is 6.65. The molecule has 0 N–H and O–H groups in total. The molecule has 2 atom stereocenters. The zero-order chi connectivity index (χ0) is 27.3. The van der Waals surface area contributed by atoms with E-state index >= 15 is 0 Å². The standard InChI is InChI=1S/C40H34/c1-40(2,3)31-23-24-36-37(26-31)39(33-18-10-9-17-32(33)28-14-5-4-6-15-28)35-20-12-11-19-34(35)38(36)30-22-21-27-13-7-8-16-29(27)25-30/h4-26,36-37H,1-3H3. The molecule has 0 heterocycles. The van der Waals surface area contributed by atoms with Crippen LogP contribution in [0.1, 0.15) is 31.9 Å². The fraction of sp³-hybridized carbons (Fsp3) is 0.150. The molecular formula is C40H34. The third-order valence-electron chi connectivity index (χ3n) is 8.63. The molecule has 5 aromatic carbocycles. The summed E-state index contributed by atoms with van der Waals surface area (Å²) in [5, 5.41) is 5.26. The van der Waals surface area contributed by atoms with E-state index in [9.17, 15) is 0 Å². The van der Waals surface area contributed by atoms with Crippen molar-refractivity contribution < 1.29 is 0 Å². The molecule has 5 aromatic rings. The average Bonchev–Trinajstić information content (AvgIpc) is 2.99. The highest BCUT2D eigenvalue weighted by atomic mass is 14.4. The first-order chi connectivity index (χ1) is 19.5. The highest BCUT2D eigenvalue weighted by molar-refractivity contribution is 5.90.